The number of unbranched alkanes of at least 4 members (excludes halogenated alkanes) is 2. The van der Waals surface area contributed by atoms with E-state index in [-0.39, 0.29) is 0 Å². The van der Waals surface area contributed by atoms with Crippen molar-refractivity contribution in [3.05, 3.63) is 0 Å². The molecule has 2 fully saturated rings. The molecule has 0 bridgehead atoms. The van der Waals surface area contributed by atoms with E-state index in [1.807, 2.05) is 0 Å². The van der Waals surface area contributed by atoms with Crippen molar-refractivity contribution >= 4 is 0 Å². The molecule has 0 spiro atoms. The van der Waals surface area contributed by atoms with Gasteiger partial charge in [-0.1, -0.05) is 6.42 Å². The molecule has 1 N–H and O–H groups in total. The topological polar surface area (TPSA) is 26.7 Å². The van der Waals surface area contributed by atoms with Crippen LogP contribution in [0.2, 0.25) is 0 Å². The van der Waals surface area contributed by atoms with Crippen molar-refractivity contribution in [2.24, 2.45) is 5.92 Å². The Hall–Kier alpha value is -0.120. The van der Waals surface area contributed by atoms with Crippen LogP contribution in [-0.2, 0) is 0 Å². The molecular formula is C17H34N2O. The first-order chi connectivity index (χ1) is 9.79. The SMILES string of the molecule is CC1CCCCN1CC1CCCN(CCCCCO)C1. The van der Waals surface area contributed by atoms with Crippen molar-refractivity contribution in [2.45, 2.75) is 64.3 Å². The first kappa shape index (κ1) is 16.3. The van der Waals surface area contributed by atoms with Gasteiger partial charge < -0.3 is 14.9 Å². The summed E-state index contributed by atoms with van der Waals surface area (Å²) < 4.78 is 0. The van der Waals surface area contributed by atoms with Gasteiger partial charge >= 0.3 is 0 Å². The number of nitrogens with zero attached hydrogens (tertiary/aromatic N) is 2. The van der Waals surface area contributed by atoms with Gasteiger partial charge in [0, 0.05) is 25.7 Å². The summed E-state index contributed by atoms with van der Waals surface area (Å²) in [5.74, 6) is 0.891. The second-order valence-electron chi connectivity index (χ2n) is 6.93. The van der Waals surface area contributed by atoms with Crippen molar-refractivity contribution in [1.82, 2.24) is 9.80 Å². The Morgan fingerprint density at radius 3 is 2.70 bits per heavy atom. The maximum absolute atomic E-state index is 8.83. The van der Waals surface area contributed by atoms with Crippen molar-refractivity contribution in [3.8, 4) is 0 Å². The van der Waals surface area contributed by atoms with Gasteiger partial charge in [0.05, 0.1) is 0 Å². The van der Waals surface area contributed by atoms with Crippen LogP contribution in [0.15, 0.2) is 0 Å². The van der Waals surface area contributed by atoms with Gasteiger partial charge in [-0.2, -0.15) is 0 Å². The Labute approximate surface area is 125 Å². The maximum atomic E-state index is 8.83. The summed E-state index contributed by atoms with van der Waals surface area (Å²) in [5, 5.41) is 8.83. The second-order valence-corrected chi connectivity index (χ2v) is 6.93. The van der Waals surface area contributed by atoms with E-state index in [9.17, 15) is 0 Å². The van der Waals surface area contributed by atoms with Crippen LogP contribution in [0.25, 0.3) is 0 Å². The molecule has 0 saturated carbocycles. The monoisotopic (exact) mass is 282 g/mol. The normalized spacial score (nSPS) is 29.7. The van der Waals surface area contributed by atoms with Crippen LogP contribution in [0.4, 0.5) is 0 Å². The highest BCUT2D eigenvalue weighted by Gasteiger charge is 2.25. The van der Waals surface area contributed by atoms with Crippen LogP contribution in [0.5, 0.6) is 0 Å². The summed E-state index contributed by atoms with van der Waals surface area (Å²) in [6, 6.07) is 0.809. The third-order valence-electron chi connectivity index (χ3n) is 5.17. The smallest absolute Gasteiger partial charge is 0.0431 e. The Kier molecular flexibility index (Phi) is 7.32. The van der Waals surface area contributed by atoms with E-state index in [0.717, 1.165) is 18.4 Å². The first-order valence-electron chi connectivity index (χ1n) is 8.87. The minimum absolute atomic E-state index is 0.357. The van der Waals surface area contributed by atoms with Gasteiger partial charge in [0.1, 0.15) is 0 Å². The molecule has 2 saturated heterocycles. The quantitative estimate of drug-likeness (QED) is 0.727. The molecule has 0 aromatic rings. The summed E-state index contributed by atoms with van der Waals surface area (Å²) in [5.41, 5.74) is 0. The zero-order chi connectivity index (χ0) is 14.2. The lowest BCUT2D eigenvalue weighted by Crippen LogP contribution is -2.45. The van der Waals surface area contributed by atoms with Crippen LogP contribution in [0.1, 0.15) is 58.3 Å². The molecule has 2 rings (SSSR count). The molecule has 2 unspecified atom stereocenters. The third-order valence-corrected chi connectivity index (χ3v) is 5.17. The lowest BCUT2D eigenvalue weighted by molar-refractivity contribution is 0.0931. The second kappa shape index (κ2) is 9.01. The van der Waals surface area contributed by atoms with Gasteiger partial charge in [0.25, 0.3) is 0 Å². The summed E-state index contributed by atoms with van der Waals surface area (Å²) >= 11 is 0. The van der Waals surface area contributed by atoms with Crippen molar-refractivity contribution < 1.29 is 5.11 Å². The van der Waals surface area contributed by atoms with E-state index in [2.05, 4.69) is 16.7 Å². The van der Waals surface area contributed by atoms with Crippen molar-refractivity contribution in [2.75, 3.05) is 39.3 Å². The van der Waals surface area contributed by atoms with Crippen LogP contribution in [0, 0.1) is 5.92 Å². The first-order valence-corrected chi connectivity index (χ1v) is 8.87. The Balaban J connectivity index is 1.67. The molecule has 0 aromatic heterocycles. The number of hydrogen-bond acceptors (Lipinski definition) is 3. The fraction of sp³-hybridized carbons (Fsp3) is 1.00. The summed E-state index contributed by atoms with van der Waals surface area (Å²) in [6.07, 6.45) is 10.5. The number of piperidine rings is 2. The zero-order valence-corrected chi connectivity index (χ0v) is 13.4. The van der Waals surface area contributed by atoms with Crippen LogP contribution < -0.4 is 0 Å². The molecular weight excluding hydrogens is 248 g/mol. The summed E-state index contributed by atoms with van der Waals surface area (Å²) in [7, 11) is 0. The Morgan fingerprint density at radius 1 is 1.00 bits per heavy atom. The maximum Gasteiger partial charge on any atom is 0.0431 e. The van der Waals surface area contributed by atoms with Gasteiger partial charge in [0.2, 0.25) is 0 Å². The Morgan fingerprint density at radius 2 is 1.90 bits per heavy atom. The van der Waals surface area contributed by atoms with E-state index in [1.165, 1.54) is 77.7 Å². The van der Waals surface area contributed by atoms with Gasteiger partial charge in [-0.25, -0.2) is 0 Å². The van der Waals surface area contributed by atoms with Gasteiger partial charge in [-0.3, -0.25) is 0 Å². The van der Waals surface area contributed by atoms with Crippen LogP contribution in [-0.4, -0.2) is 60.3 Å². The largest absolute Gasteiger partial charge is 0.396 e. The molecule has 0 aromatic carbocycles. The number of rotatable bonds is 7. The van der Waals surface area contributed by atoms with Crippen molar-refractivity contribution in [1.29, 1.82) is 0 Å². The molecule has 0 aliphatic carbocycles. The van der Waals surface area contributed by atoms with E-state index < -0.39 is 0 Å². The molecule has 3 heteroatoms. The van der Waals surface area contributed by atoms with E-state index >= 15 is 0 Å². The molecule has 20 heavy (non-hydrogen) atoms. The molecule has 0 amide bonds. The molecule has 2 atom stereocenters. The highest BCUT2D eigenvalue weighted by atomic mass is 16.2. The summed E-state index contributed by atoms with van der Waals surface area (Å²) in [4.78, 5) is 5.41. The number of likely N-dealkylation sites (tertiary alicyclic amines) is 2. The highest BCUT2D eigenvalue weighted by Crippen LogP contribution is 2.23. The van der Waals surface area contributed by atoms with Gasteiger partial charge in [0.15, 0.2) is 0 Å². The number of aliphatic hydroxyl groups is 1. The van der Waals surface area contributed by atoms with E-state index in [4.69, 9.17) is 5.11 Å². The average molecular weight is 282 g/mol. The van der Waals surface area contributed by atoms with Crippen molar-refractivity contribution in [3.63, 3.8) is 0 Å². The standard InChI is InChI=1S/C17H34N2O/c1-16-8-3-5-12-19(16)15-17-9-7-11-18(14-17)10-4-2-6-13-20/h16-17,20H,2-15H2,1H3. The third kappa shape index (κ3) is 5.34. The molecule has 118 valence electrons. The molecule has 3 nitrogen and oxygen atoms in total. The lowest BCUT2D eigenvalue weighted by Gasteiger charge is -2.39. The van der Waals surface area contributed by atoms with Crippen LogP contribution in [0.3, 0.4) is 0 Å². The number of aliphatic hydroxyl groups excluding tert-OH is 1. The fourth-order valence-electron chi connectivity index (χ4n) is 3.89. The summed E-state index contributed by atoms with van der Waals surface area (Å²) in [6.45, 7) is 9.27. The minimum Gasteiger partial charge on any atom is -0.396 e. The molecule has 2 aliphatic rings. The van der Waals surface area contributed by atoms with E-state index in [1.54, 1.807) is 0 Å². The molecule has 2 aliphatic heterocycles. The molecule has 2 heterocycles. The minimum atomic E-state index is 0.357. The average Bonchev–Trinajstić information content (AvgIpc) is 2.47. The van der Waals surface area contributed by atoms with Gasteiger partial charge in [-0.05, 0) is 77.4 Å². The van der Waals surface area contributed by atoms with Gasteiger partial charge in [-0.15, -0.1) is 0 Å². The predicted molar refractivity (Wildman–Crippen MR) is 85.0 cm³/mol. The van der Waals surface area contributed by atoms with Crippen LogP contribution >= 0.6 is 0 Å². The number of hydrogen-bond donors (Lipinski definition) is 1. The Bertz CT molecular complexity index is 259. The zero-order valence-electron chi connectivity index (χ0n) is 13.4. The predicted octanol–water partition coefficient (Wildman–Crippen LogP) is 2.74. The van der Waals surface area contributed by atoms with E-state index in [0.29, 0.717) is 6.61 Å². The fourth-order valence-corrected chi connectivity index (χ4v) is 3.89. The molecule has 0 radical (unpaired) electrons. The highest BCUT2D eigenvalue weighted by molar-refractivity contribution is 4.80. The lowest BCUT2D eigenvalue weighted by atomic mass is 9.94.